The van der Waals surface area contributed by atoms with Crippen LogP contribution in [0.2, 0.25) is 0 Å². The van der Waals surface area contributed by atoms with Crippen LogP contribution in [0, 0.1) is 5.92 Å². The van der Waals surface area contributed by atoms with Crippen LogP contribution < -0.4 is 5.32 Å². The van der Waals surface area contributed by atoms with E-state index in [1.807, 2.05) is 18.7 Å². The largest absolute Gasteiger partial charge is 0.337 e. The van der Waals surface area contributed by atoms with Crippen LogP contribution in [0.15, 0.2) is 18.7 Å². The zero-order valence-electron chi connectivity index (χ0n) is 10.8. The number of aryl methyl sites for hydroxylation is 1. The molecular formula is C14H25N3. The highest BCUT2D eigenvalue weighted by Crippen LogP contribution is 2.21. The molecule has 1 N–H and O–H groups in total. The molecule has 96 valence electrons. The first-order valence-corrected chi connectivity index (χ1v) is 7.11. The Kier molecular flexibility index (Phi) is 5.56. The Bertz CT molecular complexity index is 274. The molecule has 2 rings (SSSR count). The second-order valence-electron chi connectivity index (χ2n) is 5.22. The molecule has 1 aromatic heterocycles. The Labute approximate surface area is 105 Å². The smallest absolute Gasteiger partial charge is 0.0945 e. The summed E-state index contributed by atoms with van der Waals surface area (Å²) >= 11 is 0. The molecule has 17 heavy (non-hydrogen) atoms. The fourth-order valence-electron chi connectivity index (χ4n) is 2.68. The van der Waals surface area contributed by atoms with E-state index in [9.17, 15) is 0 Å². The van der Waals surface area contributed by atoms with E-state index in [-0.39, 0.29) is 0 Å². The number of nitrogens with one attached hydrogen (secondary N) is 1. The summed E-state index contributed by atoms with van der Waals surface area (Å²) in [6, 6.07) is 0. The minimum Gasteiger partial charge on any atom is -0.337 e. The third kappa shape index (κ3) is 4.90. The first-order chi connectivity index (χ1) is 8.45. The molecule has 0 radical (unpaired) electrons. The lowest BCUT2D eigenvalue weighted by molar-refractivity contribution is 0.420. The van der Waals surface area contributed by atoms with Gasteiger partial charge in [-0.1, -0.05) is 25.7 Å². The second kappa shape index (κ2) is 7.49. The van der Waals surface area contributed by atoms with Gasteiger partial charge in [0.2, 0.25) is 0 Å². The van der Waals surface area contributed by atoms with Gasteiger partial charge in [-0.15, -0.1) is 0 Å². The van der Waals surface area contributed by atoms with E-state index in [2.05, 4.69) is 14.9 Å². The Hall–Kier alpha value is -0.830. The van der Waals surface area contributed by atoms with E-state index in [1.54, 1.807) is 0 Å². The minimum absolute atomic E-state index is 0.936. The van der Waals surface area contributed by atoms with Gasteiger partial charge in [0.25, 0.3) is 0 Å². The molecular weight excluding hydrogens is 210 g/mol. The quantitative estimate of drug-likeness (QED) is 0.607. The molecule has 1 aliphatic carbocycles. The Morgan fingerprint density at radius 1 is 1.18 bits per heavy atom. The van der Waals surface area contributed by atoms with Gasteiger partial charge in [0.1, 0.15) is 0 Å². The Morgan fingerprint density at radius 2 is 2.00 bits per heavy atom. The van der Waals surface area contributed by atoms with Crippen molar-refractivity contribution in [2.45, 2.75) is 51.5 Å². The van der Waals surface area contributed by atoms with Crippen molar-refractivity contribution in [2.75, 3.05) is 13.1 Å². The fraction of sp³-hybridized carbons (Fsp3) is 0.786. The SMILES string of the molecule is c1cn(CCCNCC2CCCCCC2)cn1. The number of aromatic nitrogens is 2. The van der Waals surface area contributed by atoms with Crippen molar-refractivity contribution in [3.63, 3.8) is 0 Å². The Morgan fingerprint density at radius 3 is 2.71 bits per heavy atom. The number of imidazole rings is 1. The van der Waals surface area contributed by atoms with Gasteiger partial charge < -0.3 is 9.88 Å². The van der Waals surface area contributed by atoms with Crippen LogP contribution in [0.4, 0.5) is 0 Å². The predicted octanol–water partition coefficient (Wildman–Crippen LogP) is 2.83. The molecule has 1 fully saturated rings. The van der Waals surface area contributed by atoms with Crippen molar-refractivity contribution in [1.82, 2.24) is 14.9 Å². The summed E-state index contributed by atoms with van der Waals surface area (Å²) in [5.41, 5.74) is 0. The maximum atomic E-state index is 4.05. The first kappa shape index (κ1) is 12.6. The van der Waals surface area contributed by atoms with E-state index in [4.69, 9.17) is 0 Å². The number of rotatable bonds is 6. The van der Waals surface area contributed by atoms with Crippen molar-refractivity contribution in [1.29, 1.82) is 0 Å². The molecule has 1 heterocycles. The summed E-state index contributed by atoms with van der Waals surface area (Å²) in [5.74, 6) is 0.936. The average Bonchev–Trinajstić information content (AvgIpc) is 2.72. The van der Waals surface area contributed by atoms with Crippen LogP contribution >= 0.6 is 0 Å². The van der Waals surface area contributed by atoms with Crippen LogP contribution in [0.5, 0.6) is 0 Å². The fourth-order valence-corrected chi connectivity index (χ4v) is 2.68. The molecule has 0 aliphatic heterocycles. The van der Waals surface area contributed by atoms with Crippen molar-refractivity contribution in [3.8, 4) is 0 Å². The third-order valence-corrected chi connectivity index (χ3v) is 3.74. The minimum atomic E-state index is 0.936. The van der Waals surface area contributed by atoms with Gasteiger partial charge in [0, 0.05) is 18.9 Å². The zero-order chi connectivity index (χ0) is 11.8. The van der Waals surface area contributed by atoms with Gasteiger partial charge in [0.15, 0.2) is 0 Å². The summed E-state index contributed by atoms with van der Waals surface area (Å²) in [4.78, 5) is 4.05. The normalized spacial score (nSPS) is 18.1. The van der Waals surface area contributed by atoms with E-state index < -0.39 is 0 Å². The molecule has 0 amide bonds. The molecule has 0 unspecified atom stereocenters. The highest BCUT2D eigenvalue weighted by Gasteiger charge is 2.11. The monoisotopic (exact) mass is 235 g/mol. The van der Waals surface area contributed by atoms with Gasteiger partial charge in [-0.05, 0) is 38.3 Å². The topological polar surface area (TPSA) is 29.9 Å². The van der Waals surface area contributed by atoms with Gasteiger partial charge >= 0.3 is 0 Å². The van der Waals surface area contributed by atoms with Gasteiger partial charge in [-0.3, -0.25) is 0 Å². The lowest BCUT2D eigenvalue weighted by atomic mass is 10.0. The summed E-state index contributed by atoms with van der Waals surface area (Å²) in [7, 11) is 0. The predicted molar refractivity (Wildman–Crippen MR) is 70.9 cm³/mol. The maximum absolute atomic E-state index is 4.05. The Balaban J connectivity index is 1.50. The molecule has 0 bridgehead atoms. The van der Waals surface area contributed by atoms with Crippen LogP contribution in [0.25, 0.3) is 0 Å². The van der Waals surface area contributed by atoms with E-state index >= 15 is 0 Å². The van der Waals surface area contributed by atoms with Crippen LogP contribution in [0.3, 0.4) is 0 Å². The van der Waals surface area contributed by atoms with Crippen LogP contribution in [-0.2, 0) is 6.54 Å². The standard InChI is InChI=1S/C14H25N3/c1-2-4-7-14(6-3-1)12-15-8-5-10-17-11-9-16-13-17/h9,11,13-15H,1-8,10,12H2. The number of hydrogen-bond donors (Lipinski definition) is 1. The molecule has 1 saturated carbocycles. The van der Waals surface area contributed by atoms with Crippen molar-refractivity contribution in [3.05, 3.63) is 18.7 Å². The number of nitrogens with zero attached hydrogens (tertiary/aromatic N) is 2. The second-order valence-corrected chi connectivity index (χ2v) is 5.22. The van der Waals surface area contributed by atoms with E-state index in [0.29, 0.717) is 0 Å². The first-order valence-electron chi connectivity index (χ1n) is 7.11. The average molecular weight is 235 g/mol. The van der Waals surface area contributed by atoms with Crippen LogP contribution in [-0.4, -0.2) is 22.6 Å². The van der Waals surface area contributed by atoms with E-state index in [1.165, 1.54) is 51.5 Å². The molecule has 1 aliphatic rings. The highest BCUT2D eigenvalue weighted by atomic mass is 15.0. The molecule has 0 aromatic carbocycles. The van der Waals surface area contributed by atoms with Crippen molar-refractivity contribution >= 4 is 0 Å². The summed E-state index contributed by atoms with van der Waals surface area (Å²) in [6.45, 7) is 3.44. The maximum Gasteiger partial charge on any atom is 0.0945 e. The number of hydrogen-bond acceptors (Lipinski definition) is 2. The zero-order valence-corrected chi connectivity index (χ0v) is 10.8. The molecule has 0 spiro atoms. The molecule has 3 nitrogen and oxygen atoms in total. The van der Waals surface area contributed by atoms with Crippen molar-refractivity contribution in [2.24, 2.45) is 5.92 Å². The summed E-state index contributed by atoms with van der Waals surface area (Å²) in [6.07, 6.45) is 15.7. The van der Waals surface area contributed by atoms with Gasteiger partial charge in [-0.25, -0.2) is 4.98 Å². The lowest BCUT2D eigenvalue weighted by Crippen LogP contribution is -2.24. The third-order valence-electron chi connectivity index (χ3n) is 3.74. The molecule has 1 aromatic rings. The summed E-state index contributed by atoms with van der Waals surface area (Å²) in [5, 5.41) is 3.61. The summed E-state index contributed by atoms with van der Waals surface area (Å²) < 4.78 is 2.15. The van der Waals surface area contributed by atoms with Gasteiger partial charge in [-0.2, -0.15) is 0 Å². The van der Waals surface area contributed by atoms with Gasteiger partial charge in [0.05, 0.1) is 6.33 Å². The highest BCUT2D eigenvalue weighted by molar-refractivity contribution is 4.74. The van der Waals surface area contributed by atoms with Crippen LogP contribution in [0.1, 0.15) is 44.9 Å². The molecule has 0 saturated heterocycles. The molecule has 0 atom stereocenters. The lowest BCUT2D eigenvalue weighted by Gasteiger charge is -2.14. The molecule has 3 heteroatoms. The van der Waals surface area contributed by atoms with Crippen molar-refractivity contribution < 1.29 is 0 Å². The van der Waals surface area contributed by atoms with E-state index in [0.717, 1.165) is 19.0 Å².